The second-order valence-corrected chi connectivity index (χ2v) is 4.06. The van der Waals surface area contributed by atoms with Crippen molar-refractivity contribution in [2.24, 2.45) is 10.7 Å². The number of nitrogens with zero attached hydrogens (tertiary/aromatic N) is 1. The summed E-state index contributed by atoms with van der Waals surface area (Å²) in [4.78, 5) is 3.97. The van der Waals surface area contributed by atoms with Crippen molar-refractivity contribution in [1.82, 2.24) is 0 Å². The Morgan fingerprint density at radius 1 is 1.00 bits per heavy atom. The van der Waals surface area contributed by atoms with Crippen molar-refractivity contribution in [2.45, 2.75) is 6.92 Å². The molecular formula is C15H16N2. The summed E-state index contributed by atoms with van der Waals surface area (Å²) in [7, 11) is 1.70. The van der Waals surface area contributed by atoms with Gasteiger partial charge in [0, 0.05) is 12.6 Å². The SMILES string of the molecule is CN=C(N)c1ccc(-c2cccc(C)c2)cc1. The first-order valence-electron chi connectivity index (χ1n) is 5.60. The Bertz CT molecular complexity index is 539. The molecule has 0 saturated carbocycles. The van der Waals surface area contributed by atoms with Crippen molar-refractivity contribution >= 4 is 5.84 Å². The van der Waals surface area contributed by atoms with Crippen LogP contribution in [0.5, 0.6) is 0 Å². The van der Waals surface area contributed by atoms with Gasteiger partial charge in [-0.05, 0) is 18.1 Å². The van der Waals surface area contributed by atoms with E-state index in [-0.39, 0.29) is 0 Å². The smallest absolute Gasteiger partial charge is 0.125 e. The monoisotopic (exact) mass is 224 g/mol. The van der Waals surface area contributed by atoms with Crippen LogP contribution < -0.4 is 5.73 Å². The number of amidine groups is 1. The number of aryl methyl sites for hydroxylation is 1. The number of benzene rings is 2. The van der Waals surface area contributed by atoms with Crippen molar-refractivity contribution in [3.8, 4) is 11.1 Å². The molecule has 2 N–H and O–H groups in total. The summed E-state index contributed by atoms with van der Waals surface area (Å²) >= 11 is 0. The van der Waals surface area contributed by atoms with Gasteiger partial charge in [0.05, 0.1) is 0 Å². The molecule has 17 heavy (non-hydrogen) atoms. The number of hydrogen-bond acceptors (Lipinski definition) is 1. The van der Waals surface area contributed by atoms with E-state index in [2.05, 4.69) is 48.3 Å². The highest BCUT2D eigenvalue weighted by molar-refractivity contribution is 5.97. The molecule has 0 heterocycles. The minimum Gasteiger partial charge on any atom is -0.384 e. The van der Waals surface area contributed by atoms with Gasteiger partial charge in [0.25, 0.3) is 0 Å². The van der Waals surface area contributed by atoms with E-state index in [1.165, 1.54) is 16.7 Å². The van der Waals surface area contributed by atoms with Gasteiger partial charge in [0.15, 0.2) is 0 Å². The maximum atomic E-state index is 5.76. The van der Waals surface area contributed by atoms with E-state index in [0.717, 1.165) is 5.56 Å². The van der Waals surface area contributed by atoms with Gasteiger partial charge < -0.3 is 5.73 Å². The molecule has 2 nitrogen and oxygen atoms in total. The van der Waals surface area contributed by atoms with Gasteiger partial charge in [0.2, 0.25) is 0 Å². The standard InChI is InChI=1S/C15H16N2/c1-11-4-3-5-14(10-11)12-6-8-13(9-7-12)15(16)17-2/h3-10H,1-2H3,(H2,16,17). The van der Waals surface area contributed by atoms with Crippen LogP contribution in [0.2, 0.25) is 0 Å². The highest BCUT2D eigenvalue weighted by Gasteiger charge is 2.00. The van der Waals surface area contributed by atoms with Crippen LogP contribution >= 0.6 is 0 Å². The van der Waals surface area contributed by atoms with Gasteiger partial charge in [-0.25, -0.2) is 0 Å². The minimum atomic E-state index is 0.570. The van der Waals surface area contributed by atoms with Crippen molar-refractivity contribution in [2.75, 3.05) is 7.05 Å². The molecule has 0 fully saturated rings. The van der Waals surface area contributed by atoms with Crippen LogP contribution in [0.3, 0.4) is 0 Å². The first-order valence-corrected chi connectivity index (χ1v) is 5.60. The largest absolute Gasteiger partial charge is 0.384 e. The Hall–Kier alpha value is -2.09. The quantitative estimate of drug-likeness (QED) is 0.618. The fourth-order valence-corrected chi connectivity index (χ4v) is 1.79. The summed E-state index contributed by atoms with van der Waals surface area (Å²) in [5, 5.41) is 0. The second kappa shape index (κ2) is 4.83. The highest BCUT2D eigenvalue weighted by Crippen LogP contribution is 2.20. The van der Waals surface area contributed by atoms with Crippen molar-refractivity contribution < 1.29 is 0 Å². The average Bonchev–Trinajstić information content (AvgIpc) is 2.38. The Labute approximate surface area is 102 Å². The van der Waals surface area contributed by atoms with Gasteiger partial charge >= 0.3 is 0 Å². The molecule has 86 valence electrons. The molecule has 0 aromatic heterocycles. The Kier molecular flexibility index (Phi) is 3.24. The van der Waals surface area contributed by atoms with Crippen molar-refractivity contribution in [1.29, 1.82) is 0 Å². The molecular weight excluding hydrogens is 208 g/mol. The maximum Gasteiger partial charge on any atom is 0.125 e. The van der Waals surface area contributed by atoms with Gasteiger partial charge in [-0.3, -0.25) is 4.99 Å². The molecule has 0 atom stereocenters. The predicted molar refractivity (Wildman–Crippen MR) is 73.3 cm³/mol. The topological polar surface area (TPSA) is 38.4 Å². The number of nitrogens with two attached hydrogens (primary N) is 1. The second-order valence-electron chi connectivity index (χ2n) is 4.06. The molecule has 0 bridgehead atoms. The van der Waals surface area contributed by atoms with E-state index in [9.17, 15) is 0 Å². The number of aliphatic imine (C=N–C) groups is 1. The molecule has 0 radical (unpaired) electrons. The Morgan fingerprint density at radius 2 is 1.71 bits per heavy atom. The third-order valence-electron chi connectivity index (χ3n) is 2.77. The average molecular weight is 224 g/mol. The van der Waals surface area contributed by atoms with Crippen LogP contribution in [0.15, 0.2) is 53.5 Å². The molecule has 0 aliphatic carbocycles. The van der Waals surface area contributed by atoms with Crippen LogP contribution in [0.25, 0.3) is 11.1 Å². The van der Waals surface area contributed by atoms with Gasteiger partial charge in [0.1, 0.15) is 5.84 Å². The fourth-order valence-electron chi connectivity index (χ4n) is 1.79. The lowest BCUT2D eigenvalue weighted by atomic mass is 10.0. The number of hydrogen-bond donors (Lipinski definition) is 1. The third-order valence-corrected chi connectivity index (χ3v) is 2.77. The first kappa shape index (κ1) is 11.4. The summed E-state index contributed by atoms with van der Waals surface area (Å²) < 4.78 is 0. The first-order chi connectivity index (χ1) is 8.20. The third kappa shape index (κ3) is 2.53. The highest BCUT2D eigenvalue weighted by atomic mass is 14.8. The summed E-state index contributed by atoms with van der Waals surface area (Å²) in [6.07, 6.45) is 0. The molecule has 2 rings (SSSR count). The molecule has 2 aromatic carbocycles. The zero-order valence-electron chi connectivity index (χ0n) is 10.1. The molecule has 0 saturated heterocycles. The van der Waals surface area contributed by atoms with E-state index >= 15 is 0 Å². The van der Waals surface area contributed by atoms with Crippen molar-refractivity contribution in [3.63, 3.8) is 0 Å². The van der Waals surface area contributed by atoms with Gasteiger partial charge in [-0.1, -0.05) is 54.1 Å². The lowest BCUT2D eigenvalue weighted by molar-refractivity contribution is 1.39. The molecule has 0 spiro atoms. The lowest BCUT2D eigenvalue weighted by Crippen LogP contribution is -2.12. The normalized spacial score (nSPS) is 11.5. The van der Waals surface area contributed by atoms with Gasteiger partial charge in [-0.15, -0.1) is 0 Å². The number of rotatable bonds is 2. The molecule has 0 unspecified atom stereocenters. The van der Waals surface area contributed by atoms with Gasteiger partial charge in [-0.2, -0.15) is 0 Å². The van der Waals surface area contributed by atoms with Crippen molar-refractivity contribution in [3.05, 3.63) is 59.7 Å². The molecule has 2 heteroatoms. The zero-order chi connectivity index (χ0) is 12.3. The predicted octanol–water partition coefficient (Wildman–Crippen LogP) is 3.00. The maximum absolute atomic E-state index is 5.76. The van der Waals surface area contributed by atoms with E-state index < -0.39 is 0 Å². The van der Waals surface area contributed by atoms with E-state index in [4.69, 9.17) is 5.73 Å². The minimum absolute atomic E-state index is 0.570. The van der Waals surface area contributed by atoms with E-state index in [1.807, 2.05) is 12.1 Å². The molecule has 0 amide bonds. The summed E-state index contributed by atoms with van der Waals surface area (Å²) in [6, 6.07) is 16.6. The summed E-state index contributed by atoms with van der Waals surface area (Å²) in [6.45, 7) is 2.10. The fraction of sp³-hybridized carbons (Fsp3) is 0.133. The Balaban J connectivity index is 2.36. The van der Waals surface area contributed by atoms with Crippen LogP contribution in [-0.2, 0) is 0 Å². The van der Waals surface area contributed by atoms with E-state index in [0.29, 0.717) is 5.84 Å². The molecule has 2 aromatic rings. The van der Waals surface area contributed by atoms with E-state index in [1.54, 1.807) is 7.05 Å². The Morgan fingerprint density at radius 3 is 2.29 bits per heavy atom. The van der Waals surface area contributed by atoms with Crippen LogP contribution in [0.1, 0.15) is 11.1 Å². The van der Waals surface area contributed by atoms with Crippen LogP contribution in [0, 0.1) is 6.92 Å². The molecule has 0 aliphatic heterocycles. The van der Waals surface area contributed by atoms with Crippen LogP contribution in [-0.4, -0.2) is 12.9 Å². The summed E-state index contributed by atoms with van der Waals surface area (Å²) in [5.41, 5.74) is 10.4. The van der Waals surface area contributed by atoms with Crippen LogP contribution in [0.4, 0.5) is 0 Å². The lowest BCUT2D eigenvalue weighted by Gasteiger charge is -2.05. The summed E-state index contributed by atoms with van der Waals surface area (Å²) in [5.74, 6) is 0.570. The molecule has 0 aliphatic rings. The zero-order valence-corrected chi connectivity index (χ0v) is 10.1.